The Balaban J connectivity index is 1.99. The molecule has 2 aromatic rings. The van der Waals surface area contributed by atoms with E-state index in [1.807, 2.05) is 13.0 Å². The Bertz CT molecular complexity index is 799. The zero-order valence-electron chi connectivity index (χ0n) is 13.0. The predicted molar refractivity (Wildman–Crippen MR) is 85.8 cm³/mol. The third kappa shape index (κ3) is 2.83. The molecule has 0 aliphatic carbocycles. The summed E-state index contributed by atoms with van der Waals surface area (Å²) in [7, 11) is 3.16. The number of anilines is 1. The molecule has 118 valence electrons. The van der Waals surface area contributed by atoms with Crippen molar-refractivity contribution in [2.24, 2.45) is 0 Å². The SMILES string of the molecule is COc1cc(/C=C2\Oc3cccnc3NC2=O)cc(C)c1OC. The van der Waals surface area contributed by atoms with Crippen LogP contribution in [-0.4, -0.2) is 25.1 Å². The van der Waals surface area contributed by atoms with E-state index in [4.69, 9.17) is 14.2 Å². The summed E-state index contributed by atoms with van der Waals surface area (Å²) in [4.78, 5) is 16.2. The summed E-state index contributed by atoms with van der Waals surface area (Å²) < 4.78 is 16.3. The largest absolute Gasteiger partial charge is 0.493 e. The van der Waals surface area contributed by atoms with Crippen molar-refractivity contribution in [2.45, 2.75) is 6.92 Å². The van der Waals surface area contributed by atoms with Gasteiger partial charge in [-0.2, -0.15) is 0 Å². The summed E-state index contributed by atoms with van der Waals surface area (Å²) in [5, 5.41) is 2.70. The van der Waals surface area contributed by atoms with E-state index in [1.165, 1.54) is 0 Å². The number of carbonyl (C=O) groups is 1. The van der Waals surface area contributed by atoms with Crippen molar-refractivity contribution in [3.8, 4) is 17.2 Å². The molecule has 1 aromatic heterocycles. The van der Waals surface area contributed by atoms with Gasteiger partial charge < -0.3 is 19.5 Å². The number of nitrogens with one attached hydrogen (secondary N) is 1. The van der Waals surface area contributed by atoms with Crippen molar-refractivity contribution < 1.29 is 19.0 Å². The molecular weight excluding hydrogens is 296 g/mol. The third-order valence-electron chi connectivity index (χ3n) is 3.43. The van der Waals surface area contributed by atoms with Crippen LogP contribution in [0.1, 0.15) is 11.1 Å². The van der Waals surface area contributed by atoms with Gasteiger partial charge in [-0.25, -0.2) is 4.98 Å². The summed E-state index contributed by atoms with van der Waals surface area (Å²) in [6, 6.07) is 7.17. The second kappa shape index (κ2) is 6.00. The minimum Gasteiger partial charge on any atom is -0.493 e. The number of methoxy groups -OCH3 is 2. The van der Waals surface area contributed by atoms with Crippen molar-refractivity contribution >= 4 is 17.8 Å². The van der Waals surface area contributed by atoms with Gasteiger partial charge >= 0.3 is 0 Å². The summed E-state index contributed by atoms with van der Waals surface area (Å²) in [6.07, 6.45) is 3.25. The first-order valence-corrected chi connectivity index (χ1v) is 7.01. The fourth-order valence-corrected chi connectivity index (χ4v) is 2.41. The highest BCUT2D eigenvalue weighted by Gasteiger charge is 2.22. The van der Waals surface area contributed by atoms with Crippen LogP contribution in [0.3, 0.4) is 0 Å². The van der Waals surface area contributed by atoms with Crippen molar-refractivity contribution in [1.82, 2.24) is 4.98 Å². The molecule has 0 fully saturated rings. The lowest BCUT2D eigenvalue weighted by atomic mass is 10.1. The maximum Gasteiger partial charge on any atom is 0.292 e. The molecule has 23 heavy (non-hydrogen) atoms. The quantitative estimate of drug-likeness (QED) is 0.883. The van der Waals surface area contributed by atoms with Crippen molar-refractivity contribution in [3.63, 3.8) is 0 Å². The van der Waals surface area contributed by atoms with E-state index in [0.29, 0.717) is 23.1 Å². The smallest absolute Gasteiger partial charge is 0.292 e. The van der Waals surface area contributed by atoms with Crippen LogP contribution in [-0.2, 0) is 4.79 Å². The third-order valence-corrected chi connectivity index (χ3v) is 3.43. The molecule has 0 spiro atoms. The number of hydrogen-bond donors (Lipinski definition) is 1. The number of benzene rings is 1. The first kappa shape index (κ1) is 14.9. The van der Waals surface area contributed by atoms with E-state index in [0.717, 1.165) is 11.1 Å². The molecule has 0 saturated heterocycles. The van der Waals surface area contributed by atoms with Crippen LogP contribution in [0.15, 0.2) is 36.2 Å². The second-order valence-corrected chi connectivity index (χ2v) is 4.99. The van der Waals surface area contributed by atoms with E-state index >= 15 is 0 Å². The van der Waals surface area contributed by atoms with Gasteiger partial charge in [0.25, 0.3) is 5.91 Å². The average molecular weight is 312 g/mol. The Kier molecular flexibility index (Phi) is 3.89. The van der Waals surface area contributed by atoms with E-state index in [-0.39, 0.29) is 11.7 Å². The van der Waals surface area contributed by atoms with Gasteiger partial charge in [-0.05, 0) is 48.4 Å². The van der Waals surface area contributed by atoms with Crippen LogP contribution >= 0.6 is 0 Å². The number of fused-ring (bicyclic) bond motifs is 1. The van der Waals surface area contributed by atoms with E-state index in [9.17, 15) is 4.79 Å². The standard InChI is InChI=1S/C17H16N2O4/c1-10-7-11(8-13(21-2)15(10)22-3)9-14-17(20)19-16-12(23-14)5-4-6-18-16/h4-9H,1-3H3,(H,18,19,20)/b14-9-. The maximum atomic E-state index is 12.1. The van der Waals surface area contributed by atoms with Crippen LogP contribution < -0.4 is 19.5 Å². The van der Waals surface area contributed by atoms with E-state index < -0.39 is 0 Å². The molecule has 1 aliphatic rings. The number of nitrogens with zero attached hydrogens (tertiary/aromatic N) is 1. The summed E-state index contributed by atoms with van der Waals surface area (Å²) in [5.41, 5.74) is 1.68. The Labute approximate surface area is 133 Å². The summed E-state index contributed by atoms with van der Waals surface area (Å²) in [5.74, 6) is 2.03. The number of amides is 1. The van der Waals surface area contributed by atoms with Gasteiger partial charge in [-0.3, -0.25) is 4.79 Å². The van der Waals surface area contributed by atoms with Crippen LogP contribution in [0.5, 0.6) is 17.2 Å². The van der Waals surface area contributed by atoms with Crippen LogP contribution in [0.25, 0.3) is 6.08 Å². The van der Waals surface area contributed by atoms with Crippen molar-refractivity contribution in [3.05, 3.63) is 47.3 Å². The number of rotatable bonds is 3. The Hall–Kier alpha value is -3.02. The van der Waals surface area contributed by atoms with Gasteiger partial charge in [0.15, 0.2) is 28.8 Å². The predicted octanol–water partition coefficient (Wildman–Crippen LogP) is 2.78. The van der Waals surface area contributed by atoms with Gasteiger partial charge in [0.05, 0.1) is 14.2 Å². The van der Waals surface area contributed by atoms with Crippen LogP contribution in [0, 0.1) is 6.92 Å². The number of ether oxygens (including phenoxy) is 3. The van der Waals surface area contributed by atoms with Gasteiger partial charge in [0.2, 0.25) is 0 Å². The van der Waals surface area contributed by atoms with E-state index in [2.05, 4.69) is 10.3 Å². The molecule has 0 radical (unpaired) electrons. The molecule has 1 aromatic carbocycles. The molecule has 3 rings (SSSR count). The number of pyridine rings is 1. The topological polar surface area (TPSA) is 69.7 Å². The minimum atomic E-state index is -0.344. The van der Waals surface area contributed by atoms with Gasteiger partial charge in [0.1, 0.15) is 0 Å². The van der Waals surface area contributed by atoms with Gasteiger partial charge in [-0.1, -0.05) is 0 Å². The zero-order chi connectivity index (χ0) is 16.4. The second-order valence-electron chi connectivity index (χ2n) is 4.99. The molecule has 0 atom stereocenters. The lowest BCUT2D eigenvalue weighted by molar-refractivity contribution is -0.115. The van der Waals surface area contributed by atoms with Crippen LogP contribution in [0.2, 0.25) is 0 Å². The Morgan fingerprint density at radius 2 is 2.09 bits per heavy atom. The number of carbonyl (C=O) groups excluding carboxylic acids is 1. The number of hydrogen-bond acceptors (Lipinski definition) is 5. The highest BCUT2D eigenvalue weighted by atomic mass is 16.5. The lowest BCUT2D eigenvalue weighted by Crippen LogP contribution is -2.24. The number of aryl methyl sites for hydroxylation is 1. The van der Waals surface area contributed by atoms with E-state index in [1.54, 1.807) is 44.7 Å². The zero-order valence-corrected chi connectivity index (χ0v) is 13.0. The molecule has 6 nitrogen and oxygen atoms in total. The highest BCUT2D eigenvalue weighted by molar-refractivity contribution is 6.07. The first-order valence-electron chi connectivity index (χ1n) is 7.01. The summed E-state index contributed by atoms with van der Waals surface area (Å²) in [6.45, 7) is 1.91. The lowest BCUT2D eigenvalue weighted by Gasteiger charge is -2.18. The minimum absolute atomic E-state index is 0.192. The Morgan fingerprint density at radius 3 is 2.83 bits per heavy atom. The summed E-state index contributed by atoms with van der Waals surface area (Å²) >= 11 is 0. The molecule has 0 bridgehead atoms. The molecule has 1 amide bonds. The molecular formula is C17H16N2O4. The number of aromatic nitrogens is 1. The first-order chi connectivity index (χ1) is 11.1. The molecule has 1 N–H and O–H groups in total. The molecule has 2 heterocycles. The Morgan fingerprint density at radius 1 is 1.26 bits per heavy atom. The van der Waals surface area contributed by atoms with Gasteiger partial charge in [-0.15, -0.1) is 0 Å². The molecule has 1 aliphatic heterocycles. The normalized spacial score (nSPS) is 14.7. The molecule has 0 saturated carbocycles. The monoisotopic (exact) mass is 312 g/mol. The fraction of sp³-hybridized carbons (Fsp3) is 0.176. The average Bonchev–Trinajstić information content (AvgIpc) is 2.55. The molecule has 0 unspecified atom stereocenters. The van der Waals surface area contributed by atoms with Crippen molar-refractivity contribution in [2.75, 3.05) is 19.5 Å². The highest BCUT2D eigenvalue weighted by Crippen LogP contribution is 2.34. The van der Waals surface area contributed by atoms with Gasteiger partial charge in [0, 0.05) is 6.20 Å². The maximum absolute atomic E-state index is 12.1. The molecule has 6 heteroatoms. The van der Waals surface area contributed by atoms with Crippen LogP contribution in [0.4, 0.5) is 5.82 Å². The van der Waals surface area contributed by atoms with Crippen molar-refractivity contribution in [1.29, 1.82) is 0 Å². The fourth-order valence-electron chi connectivity index (χ4n) is 2.41.